The minimum atomic E-state index is 0.137. The summed E-state index contributed by atoms with van der Waals surface area (Å²) in [6.45, 7) is 7.69. The topological polar surface area (TPSA) is 95.0 Å². The number of hydrogen-bond donors (Lipinski definition) is 1. The number of rotatable bonds is 7. The average Bonchev–Trinajstić information content (AvgIpc) is 3.37. The van der Waals surface area contributed by atoms with Gasteiger partial charge in [0.05, 0.1) is 29.3 Å². The molecular formula is C23H30N8O. The fourth-order valence-corrected chi connectivity index (χ4v) is 4.20. The van der Waals surface area contributed by atoms with Crippen LogP contribution in [0, 0.1) is 13.8 Å². The van der Waals surface area contributed by atoms with E-state index in [-0.39, 0.29) is 12.1 Å². The molecule has 0 aromatic carbocycles. The second-order valence-electron chi connectivity index (χ2n) is 8.14. The van der Waals surface area contributed by atoms with Gasteiger partial charge in [-0.15, -0.1) is 0 Å². The Bertz CT molecular complexity index is 1120. The Morgan fingerprint density at radius 3 is 2.59 bits per heavy atom. The van der Waals surface area contributed by atoms with Crippen LogP contribution >= 0.6 is 0 Å². The molecular weight excluding hydrogens is 404 g/mol. The van der Waals surface area contributed by atoms with Crippen LogP contribution in [0.25, 0.3) is 17.3 Å². The summed E-state index contributed by atoms with van der Waals surface area (Å²) >= 11 is 0. The number of nitrogens with zero attached hydrogens (tertiary/aromatic N) is 7. The first-order chi connectivity index (χ1) is 15.5. The van der Waals surface area contributed by atoms with Crippen LogP contribution in [0.5, 0.6) is 5.88 Å². The highest BCUT2D eigenvalue weighted by Gasteiger charge is 2.28. The van der Waals surface area contributed by atoms with Crippen molar-refractivity contribution >= 4 is 12.8 Å². The third-order valence-electron chi connectivity index (χ3n) is 5.98. The summed E-state index contributed by atoms with van der Waals surface area (Å²) in [5.41, 5.74) is 4.91. The minimum absolute atomic E-state index is 0.137. The lowest BCUT2D eigenvalue weighted by Crippen LogP contribution is -2.27. The summed E-state index contributed by atoms with van der Waals surface area (Å²) in [6.07, 6.45) is 13.2. The number of nitrogens with one attached hydrogen (secondary N) is 1. The Kier molecular flexibility index (Phi) is 6.34. The molecule has 9 heteroatoms. The van der Waals surface area contributed by atoms with Gasteiger partial charge in [0.1, 0.15) is 11.9 Å². The van der Waals surface area contributed by atoms with Crippen LogP contribution in [-0.2, 0) is 7.05 Å². The summed E-state index contributed by atoms with van der Waals surface area (Å²) in [5, 5.41) is 12.4. The molecule has 1 fully saturated rings. The molecule has 9 nitrogen and oxygen atoms in total. The van der Waals surface area contributed by atoms with Gasteiger partial charge in [-0.05, 0) is 46.2 Å². The summed E-state index contributed by atoms with van der Waals surface area (Å²) in [7, 11) is 3.76. The third kappa shape index (κ3) is 4.42. The predicted octanol–water partition coefficient (Wildman–Crippen LogP) is 3.47. The van der Waals surface area contributed by atoms with Crippen LogP contribution in [0.2, 0.25) is 0 Å². The summed E-state index contributed by atoms with van der Waals surface area (Å²) in [5.74, 6) is 1.34. The third-order valence-corrected chi connectivity index (χ3v) is 5.98. The van der Waals surface area contributed by atoms with E-state index in [0.717, 1.165) is 53.9 Å². The zero-order chi connectivity index (χ0) is 22.7. The summed E-state index contributed by atoms with van der Waals surface area (Å²) in [6, 6.07) is 0.274. The normalized spacial score (nSPS) is 19.1. The minimum Gasteiger partial charge on any atom is -0.473 e. The molecule has 168 valence electrons. The monoisotopic (exact) mass is 434 g/mol. The quantitative estimate of drug-likeness (QED) is 0.572. The highest BCUT2D eigenvalue weighted by atomic mass is 16.5. The van der Waals surface area contributed by atoms with Crippen molar-refractivity contribution in [3.8, 4) is 17.1 Å². The van der Waals surface area contributed by atoms with Crippen molar-refractivity contribution < 1.29 is 4.74 Å². The Morgan fingerprint density at radius 1 is 1.22 bits per heavy atom. The van der Waals surface area contributed by atoms with Crippen LogP contribution in [0.15, 0.2) is 35.6 Å². The average molecular weight is 435 g/mol. The summed E-state index contributed by atoms with van der Waals surface area (Å²) in [4.78, 5) is 12.7. The van der Waals surface area contributed by atoms with Gasteiger partial charge in [0, 0.05) is 49.9 Å². The van der Waals surface area contributed by atoms with Crippen molar-refractivity contribution in [3.63, 3.8) is 0 Å². The molecule has 0 unspecified atom stereocenters. The van der Waals surface area contributed by atoms with Crippen molar-refractivity contribution in [1.29, 1.82) is 0 Å². The molecule has 1 aliphatic carbocycles. The molecule has 1 aliphatic rings. The first kappa shape index (κ1) is 21.7. The van der Waals surface area contributed by atoms with Gasteiger partial charge in [0.2, 0.25) is 5.88 Å². The first-order valence-corrected chi connectivity index (χ1v) is 10.9. The molecule has 0 saturated heterocycles. The second kappa shape index (κ2) is 9.33. The number of aromatic nitrogens is 6. The molecule has 3 heterocycles. The molecule has 1 N–H and O–H groups in total. The van der Waals surface area contributed by atoms with E-state index in [2.05, 4.69) is 43.7 Å². The Labute approximate surface area is 188 Å². The Hall–Kier alpha value is -3.49. The van der Waals surface area contributed by atoms with Crippen molar-refractivity contribution in [2.75, 3.05) is 7.05 Å². The number of ether oxygens (including phenoxy) is 1. The van der Waals surface area contributed by atoms with E-state index in [1.807, 2.05) is 39.5 Å². The lowest BCUT2D eigenvalue weighted by Gasteiger charge is -2.29. The van der Waals surface area contributed by atoms with Crippen LogP contribution in [0.1, 0.15) is 48.7 Å². The van der Waals surface area contributed by atoms with Crippen LogP contribution in [0.4, 0.5) is 0 Å². The number of aryl methyl sites for hydroxylation is 2. The smallest absolute Gasteiger partial charge is 0.235 e. The molecule has 3 aromatic heterocycles. The zero-order valence-corrected chi connectivity index (χ0v) is 19.1. The highest BCUT2D eigenvalue weighted by molar-refractivity contribution is 5.68. The lowest BCUT2D eigenvalue weighted by atomic mass is 9.92. The van der Waals surface area contributed by atoms with Crippen LogP contribution in [0.3, 0.4) is 0 Å². The second-order valence-corrected chi connectivity index (χ2v) is 8.14. The SMILES string of the molecule is C=N/C(=C\c1c(C)c(-c2cnn(C)c2)nn1[C@H]1CC[C@@H](Oc2nccnc2C)CC1)NC. The Balaban J connectivity index is 1.59. The van der Waals surface area contributed by atoms with Gasteiger partial charge < -0.3 is 10.1 Å². The molecule has 0 spiro atoms. The maximum atomic E-state index is 6.14. The maximum absolute atomic E-state index is 6.14. The molecule has 1 saturated carbocycles. The van der Waals surface area contributed by atoms with E-state index in [9.17, 15) is 0 Å². The van der Waals surface area contributed by atoms with Gasteiger partial charge in [0.15, 0.2) is 0 Å². The molecule has 32 heavy (non-hydrogen) atoms. The van der Waals surface area contributed by atoms with E-state index in [0.29, 0.717) is 11.7 Å². The summed E-state index contributed by atoms with van der Waals surface area (Å²) < 4.78 is 10.1. The maximum Gasteiger partial charge on any atom is 0.235 e. The zero-order valence-electron chi connectivity index (χ0n) is 19.1. The van der Waals surface area contributed by atoms with Crippen molar-refractivity contribution in [1.82, 2.24) is 34.8 Å². The van der Waals surface area contributed by atoms with Crippen molar-refractivity contribution in [2.45, 2.75) is 51.7 Å². The molecule has 0 amide bonds. The van der Waals surface area contributed by atoms with Gasteiger partial charge in [-0.25, -0.2) is 9.98 Å². The van der Waals surface area contributed by atoms with Crippen molar-refractivity contribution in [3.05, 3.63) is 47.6 Å². The van der Waals surface area contributed by atoms with Gasteiger partial charge >= 0.3 is 0 Å². The van der Waals surface area contributed by atoms with E-state index in [1.54, 1.807) is 17.1 Å². The molecule has 0 radical (unpaired) electrons. The largest absolute Gasteiger partial charge is 0.473 e. The van der Waals surface area contributed by atoms with Gasteiger partial charge in [-0.2, -0.15) is 10.2 Å². The van der Waals surface area contributed by atoms with E-state index < -0.39 is 0 Å². The van der Waals surface area contributed by atoms with E-state index in [4.69, 9.17) is 9.84 Å². The fourth-order valence-electron chi connectivity index (χ4n) is 4.20. The molecule has 3 aromatic rings. The standard InChI is InChI=1S/C23H30N8O/c1-15-20(12-21(24-3)25-4)31(29-22(15)17-13-28-30(5)14-17)18-6-8-19(9-7-18)32-23-16(2)26-10-11-27-23/h10-14,18-19,25H,3,6-9H2,1-2,4-5H3/b21-12+/t18-,19+. The van der Waals surface area contributed by atoms with Gasteiger partial charge in [-0.3, -0.25) is 14.3 Å². The predicted molar refractivity (Wildman–Crippen MR) is 124 cm³/mol. The Morgan fingerprint density at radius 2 is 1.97 bits per heavy atom. The number of hydrogen-bond acceptors (Lipinski definition) is 7. The number of aliphatic imine (C=N–C) groups is 1. The highest BCUT2D eigenvalue weighted by Crippen LogP contribution is 2.35. The van der Waals surface area contributed by atoms with Gasteiger partial charge in [-0.1, -0.05) is 0 Å². The molecule has 0 aliphatic heterocycles. The van der Waals surface area contributed by atoms with Crippen molar-refractivity contribution in [2.24, 2.45) is 12.0 Å². The first-order valence-electron chi connectivity index (χ1n) is 10.9. The van der Waals surface area contributed by atoms with E-state index >= 15 is 0 Å². The molecule has 0 atom stereocenters. The fraction of sp³-hybridized carbons (Fsp3) is 0.435. The van der Waals surface area contributed by atoms with Crippen LogP contribution in [-0.4, -0.2) is 49.4 Å². The molecule has 4 rings (SSSR count). The molecule has 0 bridgehead atoms. The van der Waals surface area contributed by atoms with E-state index in [1.165, 1.54) is 0 Å². The van der Waals surface area contributed by atoms with Gasteiger partial charge in [0.25, 0.3) is 0 Å². The lowest BCUT2D eigenvalue weighted by molar-refractivity contribution is 0.123. The van der Waals surface area contributed by atoms with Crippen LogP contribution < -0.4 is 10.1 Å².